The van der Waals surface area contributed by atoms with Gasteiger partial charge in [-0.1, -0.05) is 0 Å². The van der Waals surface area contributed by atoms with Crippen LogP contribution in [0.4, 0.5) is 5.95 Å². The summed E-state index contributed by atoms with van der Waals surface area (Å²) in [4.78, 5) is 21.6. The Bertz CT molecular complexity index is 548. The summed E-state index contributed by atoms with van der Waals surface area (Å²) < 4.78 is 6.63. The lowest BCUT2D eigenvalue weighted by Crippen LogP contribution is -2.13. The lowest BCUT2D eigenvalue weighted by molar-refractivity contribution is 0.0499. The summed E-state index contributed by atoms with van der Waals surface area (Å²) in [5, 5.41) is 8.56. The maximum Gasteiger partial charge on any atom is 0.280 e. The summed E-state index contributed by atoms with van der Waals surface area (Å²) in [6.45, 7) is 0.300. The smallest absolute Gasteiger partial charge is 0.280 e. The minimum Gasteiger partial charge on any atom is -0.412 e. The number of fused-ring (bicyclic) bond motifs is 1. The molecule has 6 N–H and O–H groups in total. The number of nitrogens with zero attached hydrogens (tertiary/aromatic N) is 3. The molecule has 0 aliphatic rings. The van der Waals surface area contributed by atoms with Crippen molar-refractivity contribution in [1.82, 2.24) is 19.5 Å². The Morgan fingerprint density at radius 1 is 1.59 bits per heavy atom. The number of nitrogens with one attached hydrogen (secondary N) is 1. The molecule has 2 heterocycles. The van der Waals surface area contributed by atoms with Crippen LogP contribution in [0.5, 0.6) is 0 Å². The van der Waals surface area contributed by atoms with Crippen molar-refractivity contribution in [1.29, 1.82) is 0 Å². The zero-order valence-electron chi connectivity index (χ0n) is 8.88. The van der Waals surface area contributed by atoms with Gasteiger partial charge in [-0.15, -0.1) is 0 Å². The second kappa shape index (κ2) is 5.39. The van der Waals surface area contributed by atoms with Gasteiger partial charge in [0.15, 0.2) is 11.2 Å². The van der Waals surface area contributed by atoms with Gasteiger partial charge < -0.3 is 21.1 Å². The number of rotatable bonds is 4. The van der Waals surface area contributed by atoms with E-state index in [0.29, 0.717) is 5.65 Å². The lowest BCUT2D eigenvalue weighted by Gasteiger charge is -2.03. The molecule has 0 aliphatic carbocycles. The van der Waals surface area contributed by atoms with Crippen molar-refractivity contribution in [3.63, 3.8) is 0 Å². The zero-order chi connectivity index (χ0) is 11.5. The van der Waals surface area contributed by atoms with E-state index in [4.69, 9.17) is 15.6 Å². The van der Waals surface area contributed by atoms with E-state index in [1.807, 2.05) is 0 Å². The van der Waals surface area contributed by atoms with Gasteiger partial charge in [0.25, 0.3) is 5.56 Å². The highest BCUT2D eigenvalue weighted by molar-refractivity contribution is 5.70. The van der Waals surface area contributed by atoms with Gasteiger partial charge in [0, 0.05) is 0 Å². The quantitative estimate of drug-likeness (QED) is 0.520. The zero-order valence-corrected chi connectivity index (χ0v) is 8.88. The molecule has 0 aliphatic heterocycles. The van der Waals surface area contributed by atoms with E-state index in [-0.39, 0.29) is 42.4 Å². The highest BCUT2D eigenvalue weighted by atomic mass is 16.5. The SMILES string of the molecule is Nc1nc2c(ncn2COCCO)c(=O)[nH]1.O. The number of imidazole rings is 1. The van der Waals surface area contributed by atoms with Gasteiger partial charge in [-0.3, -0.25) is 14.3 Å². The second-order valence-electron chi connectivity index (χ2n) is 3.10. The molecule has 0 saturated carbocycles. The average Bonchev–Trinajstić information content (AvgIpc) is 2.62. The fourth-order valence-electron chi connectivity index (χ4n) is 1.29. The standard InChI is InChI=1S/C8H11N5O3.H2O/c9-8-11-6-5(7(15)12-8)10-3-13(6)4-16-2-1-14;/h3,14H,1-2,4H2,(H3,9,11,12,15);1H2. The third-order valence-corrected chi connectivity index (χ3v) is 1.96. The van der Waals surface area contributed by atoms with Gasteiger partial charge in [-0.05, 0) is 0 Å². The molecule has 9 nitrogen and oxygen atoms in total. The highest BCUT2D eigenvalue weighted by Gasteiger charge is 2.08. The molecule has 0 saturated heterocycles. The fraction of sp³-hybridized carbons (Fsp3) is 0.375. The maximum absolute atomic E-state index is 11.4. The van der Waals surface area contributed by atoms with E-state index in [1.54, 1.807) is 0 Å². The molecule has 0 fully saturated rings. The molecule has 0 bridgehead atoms. The van der Waals surface area contributed by atoms with Gasteiger partial charge in [0.1, 0.15) is 6.73 Å². The van der Waals surface area contributed by atoms with Crippen LogP contribution in [0.1, 0.15) is 0 Å². The molecule has 0 unspecified atom stereocenters. The first kappa shape index (κ1) is 13.1. The normalized spacial score (nSPS) is 10.4. The topological polar surface area (TPSA) is 151 Å². The molecule has 0 spiro atoms. The van der Waals surface area contributed by atoms with Crippen molar-refractivity contribution in [2.45, 2.75) is 6.73 Å². The number of H-pyrrole nitrogens is 1. The Morgan fingerprint density at radius 3 is 3.06 bits per heavy atom. The Balaban J connectivity index is 0.00000144. The monoisotopic (exact) mass is 243 g/mol. The van der Waals surface area contributed by atoms with Gasteiger partial charge in [-0.25, -0.2) is 4.98 Å². The molecule has 94 valence electrons. The first-order valence-corrected chi connectivity index (χ1v) is 4.61. The van der Waals surface area contributed by atoms with E-state index in [2.05, 4.69) is 15.0 Å². The summed E-state index contributed by atoms with van der Waals surface area (Å²) in [6, 6.07) is 0. The molecule has 0 aromatic carbocycles. The van der Waals surface area contributed by atoms with Crippen molar-refractivity contribution >= 4 is 17.1 Å². The van der Waals surface area contributed by atoms with Crippen LogP contribution in [-0.4, -0.2) is 43.3 Å². The van der Waals surface area contributed by atoms with Crippen LogP contribution >= 0.6 is 0 Å². The molecule has 0 radical (unpaired) electrons. The number of ether oxygens (including phenoxy) is 1. The molecule has 2 rings (SSSR count). The molecular formula is C8H13N5O4. The number of hydrogen-bond donors (Lipinski definition) is 3. The van der Waals surface area contributed by atoms with Gasteiger partial charge >= 0.3 is 0 Å². The number of nitrogen functional groups attached to an aromatic ring is 1. The van der Waals surface area contributed by atoms with Crippen LogP contribution in [-0.2, 0) is 11.5 Å². The molecular weight excluding hydrogens is 230 g/mol. The van der Waals surface area contributed by atoms with Crippen LogP contribution in [0, 0.1) is 0 Å². The summed E-state index contributed by atoms with van der Waals surface area (Å²) in [5.74, 6) is 0.0291. The maximum atomic E-state index is 11.4. The summed E-state index contributed by atoms with van der Waals surface area (Å²) in [7, 11) is 0. The second-order valence-corrected chi connectivity index (χ2v) is 3.10. The number of aliphatic hydroxyl groups is 1. The van der Waals surface area contributed by atoms with Gasteiger partial charge in [0.05, 0.1) is 19.5 Å². The average molecular weight is 243 g/mol. The Kier molecular flexibility index (Phi) is 4.15. The van der Waals surface area contributed by atoms with Crippen molar-refractivity contribution in [2.24, 2.45) is 0 Å². The van der Waals surface area contributed by atoms with Gasteiger partial charge in [0.2, 0.25) is 5.95 Å². The van der Waals surface area contributed by atoms with E-state index in [9.17, 15) is 4.79 Å². The van der Waals surface area contributed by atoms with Crippen molar-refractivity contribution in [3.8, 4) is 0 Å². The largest absolute Gasteiger partial charge is 0.412 e. The minimum absolute atomic E-state index is 0. The number of aromatic amines is 1. The van der Waals surface area contributed by atoms with Gasteiger partial charge in [-0.2, -0.15) is 4.98 Å². The first-order valence-electron chi connectivity index (χ1n) is 4.61. The number of aromatic nitrogens is 4. The predicted octanol–water partition coefficient (Wildman–Crippen LogP) is -2.16. The predicted molar refractivity (Wildman–Crippen MR) is 59.2 cm³/mol. The molecule has 2 aromatic rings. The van der Waals surface area contributed by atoms with E-state index >= 15 is 0 Å². The fourth-order valence-corrected chi connectivity index (χ4v) is 1.29. The Labute approximate surface area is 95.2 Å². The third-order valence-electron chi connectivity index (χ3n) is 1.96. The lowest BCUT2D eigenvalue weighted by atomic mass is 10.5. The molecule has 2 aromatic heterocycles. The Morgan fingerprint density at radius 2 is 2.35 bits per heavy atom. The van der Waals surface area contributed by atoms with Crippen molar-refractivity contribution < 1.29 is 15.3 Å². The summed E-state index contributed by atoms with van der Waals surface area (Å²) >= 11 is 0. The summed E-state index contributed by atoms with van der Waals surface area (Å²) in [5.41, 5.74) is 5.60. The number of nitrogens with two attached hydrogens (primary N) is 1. The van der Waals surface area contributed by atoms with Crippen molar-refractivity contribution in [3.05, 3.63) is 16.7 Å². The van der Waals surface area contributed by atoms with Crippen LogP contribution in [0.2, 0.25) is 0 Å². The van der Waals surface area contributed by atoms with E-state index in [0.717, 1.165) is 0 Å². The van der Waals surface area contributed by atoms with Crippen LogP contribution in [0.25, 0.3) is 11.2 Å². The number of aliphatic hydroxyl groups excluding tert-OH is 1. The number of anilines is 1. The van der Waals surface area contributed by atoms with Crippen LogP contribution < -0.4 is 11.3 Å². The Hall–Kier alpha value is -1.97. The van der Waals surface area contributed by atoms with Crippen molar-refractivity contribution in [2.75, 3.05) is 18.9 Å². The van der Waals surface area contributed by atoms with E-state index in [1.165, 1.54) is 10.9 Å². The molecule has 0 amide bonds. The molecule has 0 atom stereocenters. The highest BCUT2D eigenvalue weighted by Crippen LogP contribution is 2.05. The third kappa shape index (κ3) is 2.58. The molecule has 9 heteroatoms. The molecule has 17 heavy (non-hydrogen) atoms. The summed E-state index contributed by atoms with van der Waals surface area (Å²) in [6.07, 6.45) is 1.43. The van der Waals surface area contributed by atoms with Crippen LogP contribution in [0.3, 0.4) is 0 Å². The minimum atomic E-state index is -0.386. The number of hydrogen-bond acceptors (Lipinski definition) is 6. The first-order chi connectivity index (χ1) is 7.72. The van der Waals surface area contributed by atoms with E-state index < -0.39 is 0 Å². The van der Waals surface area contributed by atoms with Crippen LogP contribution in [0.15, 0.2) is 11.1 Å².